The number of thiophene rings is 3. The number of carbonyl (C=O) groups is 1. The number of fused-ring (bicyclic) bond motifs is 8. The normalized spacial score (nSPS) is 11.6. The van der Waals surface area contributed by atoms with E-state index in [4.69, 9.17) is 28.9 Å². The zero-order valence-electron chi connectivity index (χ0n) is 74.9. The van der Waals surface area contributed by atoms with E-state index in [9.17, 15) is 9.90 Å². The van der Waals surface area contributed by atoms with Gasteiger partial charge in [0.15, 0.2) is 0 Å². The van der Waals surface area contributed by atoms with Crippen LogP contribution in [0, 0.1) is 23.7 Å². The van der Waals surface area contributed by atoms with Crippen molar-refractivity contribution in [2.75, 3.05) is 31.3 Å². The van der Waals surface area contributed by atoms with Crippen molar-refractivity contribution < 1.29 is 28.8 Å². The number of aromatic nitrogens is 4. The van der Waals surface area contributed by atoms with Crippen molar-refractivity contribution in [3.8, 4) is 89.8 Å². The standard InChI is InChI=1S/C111H129N5O6S3/c1-7-13-19-25-29-35-77-119-100-43-39-44-101(120-78-36-30-26-20-14-8-2)109(100)107-96-70-66-92(112-96)90(64-49-81-47-54-84(55-48-81)116(85-56-50-82(51-57-85)104-74-61-87(123-104)41-33-23-17-11-5)86-58-52-83(53-59-86)105-75-62-88(124-105)42-34-24-18-12-6)93-67-71-97(113-93)108(99-73-69-95(115-99)91(94-68-72-98(107)114-94)65-60-89-63-76-106(125-89)111(117)118)110-102(121-79-37-31-27-21-15-9-3)45-40-46-103(110)122-80-38-32-28-22-16-10-4/h39-40,43-48,50-59,61-63,66-76,112,115H,7-38,41-42,77-80H2,1-6H3,(H,117,118). The van der Waals surface area contributed by atoms with Gasteiger partial charge in [-0.05, 0) is 220 Å². The Hall–Kier alpha value is -10.6. The van der Waals surface area contributed by atoms with Crippen LogP contribution in [0.15, 0.2) is 170 Å². The Kier molecular flexibility index (Phi) is 36.3. The molecule has 0 saturated carbocycles. The van der Waals surface area contributed by atoms with Crippen LogP contribution in [0.4, 0.5) is 17.1 Å². The third-order valence-corrected chi connectivity index (χ3v) is 26.9. The van der Waals surface area contributed by atoms with Crippen molar-refractivity contribution in [2.24, 2.45) is 0 Å². The molecule has 0 fully saturated rings. The lowest BCUT2D eigenvalue weighted by atomic mass is 10.0. The van der Waals surface area contributed by atoms with E-state index in [0.717, 1.165) is 163 Å². The van der Waals surface area contributed by atoms with Gasteiger partial charge in [-0.2, -0.15) is 0 Å². The number of aromatic amines is 2. The minimum Gasteiger partial charge on any atom is -0.493 e. The molecule has 14 heteroatoms. The largest absolute Gasteiger partial charge is 0.493 e. The van der Waals surface area contributed by atoms with Gasteiger partial charge in [0.1, 0.15) is 27.9 Å². The third-order valence-electron chi connectivity index (χ3n) is 23.5. The molecule has 3 N–H and O–H groups in total. The molecule has 2 aliphatic rings. The van der Waals surface area contributed by atoms with Crippen LogP contribution in [0.25, 0.3) is 89.5 Å². The number of nitrogens with one attached hydrogen (secondary N) is 2. The maximum atomic E-state index is 12.4. The van der Waals surface area contributed by atoms with Crippen LogP contribution in [0.3, 0.4) is 0 Å². The van der Waals surface area contributed by atoms with E-state index < -0.39 is 5.97 Å². The van der Waals surface area contributed by atoms with Gasteiger partial charge in [0.05, 0.1) is 87.4 Å². The summed E-state index contributed by atoms with van der Waals surface area (Å²) >= 11 is 4.98. The smallest absolute Gasteiger partial charge is 0.345 e. The van der Waals surface area contributed by atoms with E-state index in [1.165, 1.54) is 159 Å². The Balaban J connectivity index is 0.999. The van der Waals surface area contributed by atoms with Gasteiger partial charge in [-0.15, -0.1) is 34.0 Å². The van der Waals surface area contributed by atoms with Crippen molar-refractivity contribution in [1.82, 2.24) is 19.9 Å². The molecule has 0 amide bonds. The molecule has 13 rings (SSSR count). The molecule has 0 saturated heterocycles. The Morgan fingerprint density at radius 3 is 1.06 bits per heavy atom. The van der Waals surface area contributed by atoms with E-state index in [1.807, 2.05) is 40.9 Å². The van der Waals surface area contributed by atoms with Crippen molar-refractivity contribution in [2.45, 2.75) is 260 Å². The summed E-state index contributed by atoms with van der Waals surface area (Å²) in [6, 6.07) is 60.3. The van der Waals surface area contributed by atoms with E-state index in [2.05, 4.69) is 244 Å². The summed E-state index contributed by atoms with van der Waals surface area (Å²) in [4.78, 5) is 40.5. The molecule has 0 unspecified atom stereocenters. The molecule has 8 bridgehead atoms. The average Bonchev–Trinajstić information content (AvgIpc) is 1.62. The first-order valence-corrected chi connectivity index (χ1v) is 49.7. The lowest BCUT2D eigenvalue weighted by molar-refractivity contribution is 0.0702. The summed E-state index contributed by atoms with van der Waals surface area (Å²) in [5.74, 6) is 16.3. The van der Waals surface area contributed by atoms with Crippen LogP contribution in [-0.4, -0.2) is 57.4 Å². The fraction of sp³-hybridized carbons (Fsp3) is 0.396. The molecule has 2 aliphatic heterocycles. The van der Waals surface area contributed by atoms with Crippen LogP contribution in [0.2, 0.25) is 0 Å². The summed E-state index contributed by atoms with van der Waals surface area (Å²) in [5, 5.41) is 10.1. The van der Waals surface area contributed by atoms with Crippen LogP contribution in [0.5, 0.6) is 23.0 Å². The maximum Gasteiger partial charge on any atom is 0.345 e. The number of aromatic carboxylic acids is 1. The summed E-state index contributed by atoms with van der Waals surface area (Å²) in [6.07, 6.45) is 47.6. The van der Waals surface area contributed by atoms with Gasteiger partial charge in [-0.1, -0.05) is 269 Å². The minimum absolute atomic E-state index is 0.211. The van der Waals surface area contributed by atoms with Gasteiger partial charge in [-0.25, -0.2) is 14.8 Å². The number of hydrogen-bond acceptors (Lipinski definition) is 11. The number of carboxylic acids is 1. The zero-order chi connectivity index (χ0) is 86.6. The summed E-state index contributed by atoms with van der Waals surface area (Å²) in [6.45, 7) is 15.7. The number of hydrogen-bond donors (Lipinski definition) is 3. The van der Waals surface area contributed by atoms with Crippen LogP contribution in [-0.2, 0) is 12.8 Å². The quantitative estimate of drug-likeness (QED) is 0.0252. The van der Waals surface area contributed by atoms with E-state index in [1.54, 1.807) is 12.1 Å². The van der Waals surface area contributed by atoms with Crippen LogP contribution >= 0.6 is 34.0 Å². The van der Waals surface area contributed by atoms with Crippen molar-refractivity contribution in [3.63, 3.8) is 0 Å². The highest BCUT2D eigenvalue weighted by Gasteiger charge is 2.26. The SMILES string of the molecule is CCCCCCCCOc1cccc(OCCCCCCCC)c1-c1c2nc(c(C#Cc3ccc(C(=O)O)s3)c3ccc([nH]3)c(-c3c(OCCCCCCCC)cccc3OCCCCCCCC)c3nc(c(C#Cc4ccc(N(c5ccc(-c6ccc(CCCCCC)s6)cc5)c5ccc(-c6ccc(CCCCCC)s6)cc5)cc4)c4ccc1[nH]4)C=C3)C=C2. The number of rotatable bonds is 50. The Bertz CT molecular complexity index is 5390. The number of nitrogens with zero attached hydrogens (tertiary/aromatic N) is 3. The molecule has 0 spiro atoms. The monoisotopic (exact) mass is 1720 g/mol. The number of unbranched alkanes of at least 4 members (excludes halogenated alkanes) is 26. The average molecular weight is 1730 g/mol. The molecule has 8 heterocycles. The van der Waals surface area contributed by atoms with Crippen LogP contribution in [0.1, 0.15) is 311 Å². The predicted molar refractivity (Wildman–Crippen MR) is 532 cm³/mol. The van der Waals surface area contributed by atoms with Gasteiger partial charge in [0, 0.05) is 64.3 Å². The summed E-state index contributed by atoms with van der Waals surface area (Å²) in [5.41, 5.74) is 16.5. The minimum atomic E-state index is -0.995. The molecule has 11 nitrogen and oxygen atoms in total. The second kappa shape index (κ2) is 49.3. The highest BCUT2D eigenvalue weighted by atomic mass is 32.1. The van der Waals surface area contributed by atoms with Gasteiger partial charge < -0.3 is 38.9 Å². The maximum absolute atomic E-state index is 12.4. The fourth-order valence-corrected chi connectivity index (χ4v) is 19.3. The van der Waals surface area contributed by atoms with Gasteiger partial charge in [0.2, 0.25) is 0 Å². The highest BCUT2D eigenvalue weighted by molar-refractivity contribution is 7.16. The number of ether oxygens (including phenoxy) is 4. The number of aryl methyl sites for hydroxylation is 2. The van der Waals surface area contributed by atoms with Gasteiger partial charge in [-0.3, -0.25) is 0 Å². The lowest BCUT2D eigenvalue weighted by Crippen LogP contribution is -2.09. The molecular formula is C111H129N5O6S3. The Morgan fingerprint density at radius 1 is 0.336 bits per heavy atom. The topological polar surface area (TPSA) is 135 Å². The van der Waals surface area contributed by atoms with E-state index in [0.29, 0.717) is 93.7 Å². The highest BCUT2D eigenvalue weighted by Crippen LogP contribution is 2.47. The second-order valence-electron chi connectivity index (χ2n) is 33.3. The van der Waals surface area contributed by atoms with Crippen LogP contribution < -0.4 is 23.8 Å². The second-order valence-corrected chi connectivity index (χ2v) is 36.7. The Morgan fingerprint density at radius 2 is 0.680 bits per heavy atom. The lowest BCUT2D eigenvalue weighted by Gasteiger charge is -2.26. The van der Waals surface area contributed by atoms with Gasteiger partial charge >= 0.3 is 5.97 Å². The molecular weight excluding hydrogens is 1600 g/mol. The predicted octanol–water partition coefficient (Wildman–Crippen LogP) is 32.7. The van der Waals surface area contributed by atoms with E-state index >= 15 is 0 Å². The first-order chi connectivity index (χ1) is 61.6. The fourth-order valence-electron chi connectivity index (χ4n) is 16.5. The van der Waals surface area contributed by atoms with E-state index in [-0.39, 0.29) is 4.88 Å². The first kappa shape index (κ1) is 92.1. The first-order valence-electron chi connectivity index (χ1n) is 47.2. The number of H-pyrrole nitrogens is 2. The molecule has 125 heavy (non-hydrogen) atoms. The van der Waals surface area contributed by atoms with Crippen molar-refractivity contribution >= 4 is 103 Å². The molecule has 0 aliphatic carbocycles. The molecule has 6 aromatic heterocycles. The van der Waals surface area contributed by atoms with Crippen molar-refractivity contribution in [3.05, 3.63) is 229 Å². The van der Waals surface area contributed by atoms with Gasteiger partial charge in [0.25, 0.3) is 0 Å². The number of carboxylic acid groups (broad SMARTS) is 1. The van der Waals surface area contributed by atoms with Crippen molar-refractivity contribution in [1.29, 1.82) is 0 Å². The Labute approximate surface area is 756 Å². The molecule has 0 atom stereocenters. The number of benzene rings is 5. The number of anilines is 3. The molecule has 5 aromatic carbocycles. The third kappa shape index (κ3) is 26.1. The summed E-state index contributed by atoms with van der Waals surface area (Å²) in [7, 11) is 0. The summed E-state index contributed by atoms with van der Waals surface area (Å²) < 4.78 is 28.2. The molecule has 0 radical (unpaired) electrons. The molecule has 652 valence electrons. The zero-order valence-corrected chi connectivity index (χ0v) is 77.3. The molecule has 11 aromatic rings.